The van der Waals surface area contributed by atoms with Crippen LogP contribution in [-0.2, 0) is 0 Å². The smallest absolute Gasteiger partial charge is 0.0431 e. The fourth-order valence-electron chi connectivity index (χ4n) is 0.390. The third-order valence-electron chi connectivity index (χ3n) is 1.03. The summed E-state index contributed by atoms with van der Waals surface area (Å²) in [7, 11) is 0. The van der Waals surface area contributed by atoms with Gasteiger partial charge in [-0.05, 0) is 18.1 Å². The van der Waals surface area contributed by atoms with Gasteiger partial charge in [-0.25, -0.2) is 0 Å². The molecule has 0 rings (SSSR count). The van der Waals surface area contributed by atoms with Crippen LogP contribution in [0.4, 0.5) is 0 Å². The van der Waals surface area contributed by atoms with Crippen molar-refractivity contribution in [3.8, 4) is 0 Å². The van der Waals surface area contributed by atoms with Gasteiger partial charge in [0.1, 0.15) is 0 Å². The summed E-state index contributed by atoms with van der Waals surface area (Å²) in [4.78, 5) is 0. The Labute approximate surface area is 61.5 Å². The van der Waals surface area contributed by atoms with E-state index < -0.39 is 0 Å². The molecule has 0 aliphatic rings. The van der Waals surface area contributed by atoms with Crippen LogP contribution in [0.2, 0.25) is 0 Å². The maximum Gasteiger partial charge on any atom is 0.0431 e. The lowest BCUT2D eigenvalue weighted by Crippen LogP contribution is -1.75. The van der Waals surface area contributed by atoms with E-state index in [4.69, 9.17) is 11.6 Å². The second kappa shape index (κ2) is 4.39. The molecule has 0 amide bonds. The van der Waals surface area contributed by atoms with Crippen LogP contribution in [0, 0.1) is 0 Å². The number of hydrogen-bond acceptors (Lipinski definition) is 0. The third kappa shape index (κ3) is 3.15. The molecule has 0 unspecified atom stereocenters. The molecule has 0 fully saturated rings. The van der Waals surface area contributed by atoms with Crippen molar-refractivity contribution in [2.75, 3.05) is 0 Å². The van der Waals surface area contributed by atoms with Crippen molar-refractivity contribution in [3.63, 3.8) is 0 Å². The number of rotatable bonds is 3. The largest absolute Gasteiger partial charge is 0.0990 e. The zero-order chi connectivity index (χ0) is 7.28. The number of halogens is 1. The van der Waals surface area contributed by atoms with Gasteiger partial charge in [0.05, 0.1) is 0 Å². The minimum Gasteiger partial charge on any atom is -0.0990 e. The van der Waals surface area contributed by atoms with E-state index >= 15 is 0 Å². The van der Waals surface area contributed by atoms with Crippen LogP contribution in [-0.4, -0.2) is 0 Å². The second-order valence-corrected chi connectivity index (χ2v) is 2.11. The average Bonchev–Trinajstić information content (AvgIpc) is 1.87. The standard InChI is InChI=1S/C8H11Cl/c1-4-6-8(9)7(3)5-2/h4,6H,1,3,5H2,2H3/b8-6+. The van der Waals surface area contributed by atoms with Crippen molar-refractivity contribution in [3.05, 3.63) is 35.9 Å². The van der Waals surface area contributed by atoms with Crippen molar-refractivity contribution in [2.24, 2.45) is 0 Å². The van der Waals surface area contributed by atoms with Gasteiger partial charge in [0.25, 0.3) is 0 Å². The van der Waals surface area contributed by atoms with Crippen molar-refractivity contribution in [1.29, 1.82) is 0 Å². The lowest BCUT2D eigenvalue weighted by Gasteiger charge is -1.95. The third-order valence-corrected chi connectivity index (χ3v) is 1.42. The van der Waals surface area contributed by atoms with Crippen LogP contribution in [0.5, 0.6) is 0 Å². The predicted molar refractivity (Wildman–Crippen MR) is 43.6 cm³/mol. The van der Waals surface area contributed by atoms with Gasteiger partial charge in [-0.2, -0.15) is 0 Å². The summed E-state index contributed by atoms with van der Waals surface area (Å²) < 4.78 is 0. The molecule has 0 heterocycles. The molecule has 0 aromatic heterocycles. The normalized spacial score (nSPS) is 11.1. The van der Waals surface area contributed by atoms with Gasteiger partial charge in [0.2, 0.25) is 0 Å². The lowest BCUT2D eigenvalue weighted by atomic mass is 10.2. The molecule has 0 radical (unpaired) electrons. The highest BCUT2D eigenvalue weighted by Gasteiger charge is 1.91. The Balaban J connectivity index is 4.01. The monoisotopic (exact) mass is 142 g/mol. The first-order chi connectivity index (χ1) is 4.22. The minimum absolute atomic E-state index is 0.701. The number of hydrogen-bond donors (Lipinski definition) is 0. The van der Waals surface area contributed by atoms with E-state index in [1.165, 1.54) is 0 Å². The summed E-state index contributed by atoms with van der Waals surface area (Å²) in [6, 6.07) is 0. The van der Waals surface area contributed by atoms with Crippen LogP contribution in [0.3, 0.4) is 0 Å². The number of allylic oxidation sites excluding steroid dienone is 4. The van der Waals surface area contributed by atoms with Crippen molar-refractivity contribution in [2.45, 2.75) is 13.3 Å². The van der Waals surface area contributed by atoms with E-state index in [-0.39, 0.29) is 0 Å². The molecule has 1 heteroatoms. The van der Waals surface area contributed by atoms with Gasteiger partial charge in [0.15, 0.2) is 0 Å². The highest BCUT2D eigenvalue weighted by atomic mass is 35.5. The van der Waals surface area contributed by atoms with Crippen molar-refractivity contribution >= 4 is 11.6 Å². The van der Waals surface area contributed by atoms with Crippen LogP contribution in [0.1, 0.15) is 13.3 Å². The summed E-state index contributed by atoms with van der Waals surface area (Å²) >= 11 is 5.72. The van der Waals surface area contributed by atoms with Gasteiger partial charge in [-0.3, -0.25) is 0 Å². The molecule has 0 N–H and O–H groups in total. The molecule has 0 aromatic rings. The molecule has 0 saturated carbocycles. The molecule has 0 nitrogen and oxygen atoms in total. The molecule has 0 aliphatic heterocycles. The fraction of sp³-hybridized carbons (Fsp3) is 0.250. The molecular formula is C8H11Cl. The van der Waals surface area contributed by atoms with Crippen LogP contribution in [0.15, 0.2) is 35.9 Å². The van der Waals surface area contributed by atoms with Crippen molar-refractivity contribution in [1.82, 2.24) is 0 Å². The maximum atomic E-state index is 5.72. The molecule has 0 aliphatic carbocycles. The second-order valence-electron chi connectivity index (χ2n) is 1.71. The fourth-order valence-corrected chi connectivity index (χ4v) is 0.613. The molecular weight excluding hydrogens is 132 g/mol. The minimum atomic E-state index is 0.701. The van der Waals surface area contributed by atoms with Crippen LogP contribution in [0.25, 0.3) is 0 Å². The van der Waals surface area contributed by atoms with E-state index in [0.717, 1.165) is 12.0 Å². The Morgan fingerprint density at radius 1 is 1.67 bits per heavy atom. The zero-order valence-electron chi connectivity index (χ0n) is 5.65. The Hall–Kier alpha value is -0.490. The van der Waals surface area contributed by atoms with Gasteiger partial charge < -0.3 is 0 Å². The summed E-state index contributed by atoms with van der Waals surface area (Å²) in [6.07, 6.45) is 4.29. The zero-order valence-corrected chi connectivity index (χ0v) is 6.41. The van der Waals surface area contributed by atoms with Gasteiger partial charge in [-0.1, -0.05) is 37.8 Å². The summed E-state index contributed by atoms with van der Waals surface area (Å²) in [5.74, 6) is 0. The Morgan fingerprint density at radius 2 is 2.22 bits per heavy atom. The van der Waals surface area contributed by atoms with E-state index in [1.54, 1.807) is 12.2 Å². The van der Waals surface area contributed by atoms with Crippen LogP contribution >= 0.6 is 11.6 Å². The van der Waals surface area contributed by atoms with Gasteiger partial charge in [0, 0.05) is 5.03 Å². The van der Waals surface area contributed by atoms with E-state index in [0.29, 0.717) is 5.03 Å². The molecule has 0 bridgehead atoms. The predicted octanol–water partition coefficient (Wildman–Crippen LogP) is 3.26. The topological polar surface area (TPSA) is 0 Å². The molecule has 9 heavy (non-hydrogen) atoms. The molecule has 0 saturated heterocycles. The highest BCUT2D eigenvalue weighted by Crippen LogP contribution is 2.14. The first kappa shape index (κ1) is 8.51. The summed E-state index contributed by atoms with van der Waals surface area (Å²) in [5, 5.41) is 0.701. The average molecular weight is 143 g/mol. The Morgan fingerprint density at radius 3 is 2.56 bits per heavy atom. The SMILES string of the molecule is C=C/C=C(/Cl)C(=C)CC. The van der Waals surface area contributed by atoms with Crippen molar-refractivity contribution < 1.29 is 0 Å². The van der Waals surface area contributed by atoms with E-state index in [9.17, 15) is 0 Å². The van der Waals surface area contributed by atoms with Gasteiger partial charge >= 0.3 is 0 Å². The quantitative estimate of drug-likeness (QED) is 0.531. The lowest BCUT2D eigenvalue weighted by molar-refractivity contribution is 1.15. The van der Waals surface area contributed by atoms with E-state index in [2.05, 4.69) is 13.2 Å². The Bertz CT molecular complexity index is 143. The maximum absolute atomic E-state index is 5.72. The van der Waals surface area contributed by atoms with Gasteiger partial charge in [-0.15, -0.1) is 0 Å². The first-order valence-corrected chi connectivity index (χ1v) is 3.26. The molecule has 0 atom stereocenters. The molecule has 0 aromatic carbocycles. The molecule has 0 spiro atoms. The van der Waals surface area contributed by atoms with Crippen LogP contribution < -0.4 is 0 Å². The summed E-state index contributed by atoms with van der Waals surface area (Å²) in [6.45, 7) is 9.27. The summed E-state index contributed by atoms with van der Waals surface area (Å²) in [5.41, 5.74) is 0.955. The Kier molecular flexibility index (Phi) is 4.16. The molecule has 50 valence electrons. The highest BCUT2D eigenvalue weighted by molar-refractivity contribution is 6.32. The first-order valence-electron chi connectivity index (χ1n) is 2.88. The van der Waals surface area contributed by atoms with E-state index in [1.807, 2.05) is 6.92 Å².